The number of carboxylic acids is 1. The Kier molecular flexibility index (Phi) is 2.69. The van der Waals surface area contributed by atoms with E-state index in [2.05, 4.69) is 0 Å². The van der Waals surface area contributed by atoms with Crippen molar-refractivity contribution in [1.29, 1.82) is 0 Å². The van der Waals surface area contributed by atoms with E-state index in [1.54, 1.807) is 0 Å². The van der Waals surface area contributed by atoms with E-state index in [0.29, 0.717) is 32.2 Å². The maximum Gasteiger partial charge on any atom is 0.306 e. The average Bonchev–Trinajstić information content (AvgIpc) is 2.33. The minimum Gasteiger partial charge on any atom is -0.481 e. The van der Waals surface area contributed by atoms with Crippen LogP contribution >= 0.6 is 0 Å². The van der Waals surface area contributed by atoms with Crippen molar-refractivity contribution in [3.8, 4) is 0 Å². The quantitative estimate of drug-likeness (QED) is 0.558. The van der Waals surface area contributed by atoms with Crippen LogP contribution in [0.3, 0.4) is 0 Å². The Morgan fingerprint density at radius 3 is 2.75 bits per heavy atom. The van der Waals surface area contributed by atoms with Crippen LogP contribution in [0.2, 0.25) is 0 Å². The molecule has 1 aliphatic carbocycles. The lowest BCUT2D eigenvalue weighted by Gasteiger charge is -2.20. The summed E-state index contributed by atoms with van der Waals surface area (Å²) in [4.78, 5) is 10.6. The molecule has 12 heavy (non-hydrogen) atoms. The van der Waals surface area contributed by atoms with Crippen molar-refractivity contribution in [3.63, 3.8) is 0 Å². The first-order valence-corrected chi connectivity index (χ1v) is 4.23. The van der Waals surface area contributed by atoms with Gasteiger partial charge >= 0.3 is 5.97 Å². The summed E-state index contributed by atoms with van der Waals surface area (Å²) in [6, 6.07) is 0. The fraction of sp³-hybridized carbons (Fsp3) is 0.875. The fourth-order valence-corrected chi connectivity index (χ4v) is 1.81. The maximum atomic E-state index is 10.6. The third kappa shape index (κ3) is 1.95. The summed E-state index contributed by atoms with van der Waals surface area (Å²) in [5, 5.41) is 18.4. The maximum absolute atomic E-state index is 10.6. The van der Waals surface area contributed by atoms with Crippen molar-refractivity contribution in [2.75, 3.05) is 6.54 Å². The number of hydrogen-bond donors (Lipinski definition) is 3. The van der Waals surface area contributed by atoms with Gasteiger partial charge in [-0.05, 0) is 32.2 Å². The molecule has 0 heterocycles. The van der Waals surface area contributed by atoms with Crippen LogP contribution in [-0.4, -0.2) is 28.3 Å². The lowest BCUT2D eigenvalue weighted by atomic mass is 9.96. The Morgan fingerprint density at radius 2 is 2.33 bits per heavy atom. The van der Waals surface area contributed by atoms with E-state index < -0.39 is 11.6 Å². The van der Waals surface area contributed by atoms with Crippen molar-refractivity contribution in [3.05, 3.63) is 0 Å². The summed E-state index contributed by atoms with van der Waals surface area (Å²) in [7, 11) is 0. The monoisotopic (exact) mass is 173 g/mol. The van der Waals surface area contributed by atoms with Gasteiger partial charge in [0.25, 0.3) is 0 Å². The van der Waals surface area contributed by atoms with Gasteiger partial charge in [-0.1, -0.05) is 0 Å². The van der Waals surface area contributed by atoms with E-state index in [-0.39, 0.29) is 5.92 Å². The molecule has 0 bridgehead atoms. The lowest BCUT2D eigenvalue weighted by molar-refractivity contribution is -0.142. The number of aliphatic carboxylic acids is 1. The van der Waals surface area contributed by atoms with Crippen molar-refractivity contribution in [2.45, 2.75) is 31.3 Å². The Balaban J connectivity index is 2.48. The van der Waals surface area contributed by atoms with Crippen LogP contribution in [-0.2, 0) is 4.79 Å². The Morgan fingerprint density at radius 1 is 1.67 bits per heavy atom. The van der Waals surface area contributed by atoms with Crippen LogP contribution in [0.1, 0.15) is 25.7 Å². The van der Waals surface area contributed by atoms with Gasteiger partial charge < -0.3 is 15.9 Å². The molecular weight excluding hydrogens is 158 g/mol. The summed E-state index contributed by atoms with van der Waals surface area (Å²) in [6.45, 7) is 0.419. The van der Waals surface area contributed by atoms with E-state index in [4.69, 9.17) is 10.8 Å². The van der Waals surface area contributed by atoms with Crippen LogP contribution in [0.4, 0.5) is 0 Å². The summed E-state index contributed by atoms with van der Waals surface area (Å²) in [5.41, 5.74) is 4.50. The normalized spacial score (nSPS) is 35.3. The van der Waals surface area contributed by atoms with Gasteiger partial charge in [0.05, 0.1) is 11.5 Å². The van der Waals surface area contributed by atoms with Crippen LogP contribution in [0.15, 0.2) is 0 Å². The van der Waals surface area contributed by atoms with E-state index in [1.165, 1.54) is 0 Å². The van der Waals surface area contributed by atoms with Crippen LogP contribution in [0.5, 0.6) is 0 Å². The van der Waals surface area contributed by atoms with Crippen molar-refractivity contribution in [2.24, 2.45) is 11.7 Å². The minimum absolute atomic E-state index is 0.361. The highest BCUT2D eigenvalue weighted by molar-refractivity contribution is 5.70. The number of carbonyl (C=O) groups is 1. The van der Waals surface area contributed by atoms with Gasteiger partial charge in [-0.25, -0.2) is 0 Å². The first kappa shape index (κ1) is 9.48. The molecule has 0 amide bonds. The SMILES string of the molecule is NCCC1(O)CCC(C(=O)O)C1. The molecule has 4 N–H and O–H groups in total. The number of hydrogen-bond acceptors (Lipinski definition) is 3. The van der Waals surface area contributed by atoms with E-state index in [1.807, 2.05) is 0 Å². The molecule has 0 spiro atoms. The molecule has 0 radical (unpaired) electrons. The summed E-state index contributed by atoms with van der Waals surface area (Å²) < 4.78 is 0. The lowest BCUT2D eigenvalue weighted by Crippen LogP contribution is -2.29. The smallest absolute Gasteiger partial charge is 0.306 e. The first-order chi connectivity index (χ1) is 5.57. The molecule has 1 saturated carbocycles. The highest BCUT2D eigenvalue weighted by atomic mass is 16.4. The van der Waals surface area contributed by atoms with Crippen LogP contribution in [0, 0.1) is 5.92 Å². The fourth-order valence-electron chi connectivity index (χ4n) is 1.81. The van der Waals surface area contributed by atoms with E-state index in [0.717, 1.165) is 0 Å². The standard InChI is InChI=1S/C8H15NO3/c9-4-3-8(12)2-1-6(5-8)7(10)11/h6,12H,1-5,9H2,(H,10,11). The number of aliphatic hydroxyl groups is 1. The predicted molar refractivity (Wildman–Crippen MR) is 43.6 cm³/mol. The highest BCUT2D eigenvalue weighted by Crippen LogP contribution is 2.36. The molecule has 0 aromatic carbocycles. The van der Waals surface area contributed by atoms with Crippen molar-refractivity contribution in [1.82, 2.24) is 0 Å². The molecule has 0 aromatic heterocycles. The van der Waals surface area contributed by atoms with Gasteiger partial charge in [0.2, 0.25) is 0 Å². The van der Waals surface area contributed by atoms with Gasteiger partial charge in [-0.15, -0.1) is 0 Å². The number of nitrogens with two attached hydrogens (primary N) is 1. The van der Waals surface area contributed by atoms with E-state index in [9.17, 15) is 9.90 Å². The number of carboxylic acid groups (broad SMARTS) is 1. The zero-order valence-corrected chi connectivity index (χ0v) is 6.99. The molecule has 1 fully saturated rings. The molecule has 4 heteroatoms. The topological polar surface area (TPSA) is 83.5 Å². The Bertz CT molecular complexity index is 183. The average molecular weight is 173 g/mol. The molecule has 2 unspecified atom stereocenters. The van der Waals surface area contributed by atoms with Crippen molar-refractivity contribution < 1.29 is 15.0 Å². The summed E-state index contributed by atoms with van der Waals surface area (Å²) in [6.07, 6.45) is 2.02. The van der Waals surface area contributed by atoms with Gasteiger partial charge in [-0.3, -0.25) is 4.79 Å². The second-order valence-electron chi connectivity index (χ2n) is 3.54. The van der Waals surface area contributed by atoms with Crippen LogP contribution < -0.4 is 5.73 Å². The molecule has 0 aliphatic heterocycles. The van der Waals surface area contributed by atoms with Gasteiger partial charge in [0.15, 0.2) is 0 Å². The Hall–Kier alpha value is -0.610. The summed E-state index contributed by atoms with van der Waals surface area (Å²) >= 11 is 0. The third-order valence-electron chi connectivity index (χ3n) is 2.54. The highest BCUT2D eigenvalue weighted by Gasteiger charge is 2.39. The molecule has 70 valence electrons. The molecule has 4 nitrogen and oxygen atoms in total. The zero-order valence-electron chi connectivity index (χ0n) is 6.99. The largest absolute Gasteiger partial charge is 0.481 e. The van der Waals surface area contributed by atoms with Crippen molar-refractivity contribution >= 4 is 5.97 Å². The molecular formula is C8H15NO3. The zero-order chi connectivity index (χ0) is 9.19. The molecule has 1 aliphatic rings. The Labute approximate surface area is 71.4 Å². The first-order valence-electron chi connectivity index (χ1n) is 4.23. The predicted octanol–water partition coefficient (Wildman–Crippen LogP) is -0.0490. The summed E-state index contributed by atoms with van der Waals surface area (Å²) in [5.74, 6) is -1.18. The van der Waals surface area contributed by atoms with E-state index >= 15 is 0 Å². The van der Waals surface area contributed by atoms with Crippen LogP contribution in [0.25, 0.3) is 0 Å². The molecule has 2 atom stereocenters. The molecule has 1 rings (SSSR count). The van der Waals surface area contributed by atoms with Gasteiger partial charge in [0, 0.05) is 0 Å². The number of rotatable bonds is 3. The molecule has 0 saturated heterocycles. The third-order valence-corrected chi connectivity index (χ3v) is 2.54. The minimum atomic E-state index is -0.808. The molecule has 0 aromatic rings. The van der Waals surface area contributed by atoms with Gasteiger partial charge in [0.1, 0.15) is 0 Å². The second-order valence-corrected chi connectivity index (χ2v) is 3.54. The van der Waals surface area contributed by atoms with Gasteiger partial charge in [-0.2, -0.15) is 0 Å². The second kappa shape index (κ2) is 3.41.